The molecule has 1 atom stereocenters. The summed E-state index contributed by atoms with van der Waals surface area (Å²) in [6.45, 7) is 8.95. The van der Waals surface area contributed by atoms with E-state index in [1.54, 1.807) is 0 Å². The SMILES string of the molecule is CCCCCCCCCCCCCCCCC(=O)O[C@@H](COC(=O)CCCCCCCCCCC)COC(=O)CCCCCCCCCCC(C)C. The van der Waals surface area contributed by atoms with Gasteiger partial charge in [-0.1, -0.05) is 214 Å². The molecule has 6 nitrogen and oxygen atoms in total. The summed E-state index contributed by atoms with van der Waals surface area (Å²) in [5.74, 6) is -0.0608. The van der Waals surface area contributed by atoms with Gasteiger partial charge in [0.15, 0.2) is 6.10 Å². The molecule has 0 unspecified atom stereocenters. The van der Waals surface area contributed by atoms with Crippen LogP contribution in [-0.4, -0.2) is 37.2 Å². The van der Waals surface area contributed by atoms with Crippen molar-refractivity contribution in [1.82, 2.24) is 0 Å². The molecule has 0 aliphatic carbocycles. The largest absolute Gasteiger partial charge is 0.462 e. The van der Waals surface area contributed by atoms with E-state index in [1.165, 1.54) is 148 Å². The van der Waals surface area contributed by atoms with Gasteiger partial charge in [-0.3, -0.25) is 14.4 Å². The number of carbonyl (C=O) groups is 3. The highest BCUT2D eigenvalue weighted by Crippen LogP contribution is 2.16. The monoisotopic (exact) mass is 737 g/mol. The predicted molar refractivity (Wildman–Crippen MR) is 220 cm³/mol. The van der Waals surface area contributed by atoms with Crippen molar-refractivity contribution < 1.29 is 28.6 Å². The molecule has 0 spiro atoms. The van der Waals surface area contributed by atoms with Gasteiger partial charge in [0.25, 0.3) is 0 Å². The minimum absolute atomic E-state index is 0.0643. The molecule has 0 aromatic rings. The Labute approximate surface area is 323 Å². The van der Waals surface area contributed by atoms with Crippen LogP contribution in [0.4, 0.5) is 0 Å². The van der Waals surface area contributed by atoms with Gasteiger partial charge in [-0.25, -0.2) is 0 Å². The molecule has 0 radical (unpaired) electrons. The molecular formula is C46H88O6. The Morgan fingerprint density at radius 3 is 0.942 bits per heavy atom. The Morgan fingerprint density at radius 2 is 0.635 bits per heavy atom. The van der Waals surface area contributed by atoms with Gasteiger partial charge in [0, 0.05) is 19.3 Å². The van der Waals surface area contributed by atoms with E-state index in [1.807, 2.05) is 0 Å². The van der Waals surface area contributed by atoms with Crippen molar-refractivity contribution in [2.75, 3.05) is 13.2 Å². The Bertz CT molecular complexity index is 781. The molecular weight excluding hydrogens is 648 g/mol. The van der Waals surface area contributed by atoms with Crippen molar-refractivity contribution in [2.24, 2.45) is 5.92 Å². The molecule has 308 valence electrons. The van der Waals surface area contributed by atoms with Crippen LogP contribution in [0.1, 0.15) is 252 Å². The predicted octanol–water partition coefficient (Wildman–Crippen LogP) is 14.3. The first-order chi connectivity index (χ1) is 25.4. The molecule has 0 aromatic heterocycles. The van der Waals surface area contributed by atoms with Crippen molar-refractivity contribution in [2.45, 2.75) is 259 Å². The standard InChI is InChI=1S/C46H88O6/c1-5-7-9-11-13-15-16-17-18-19-21-27-31-35-39-46(49)52-43(40-50-44(47)37-33-29-25-20-14-12-10-8-6-2)41-51-45(48)38-34-30-26-23-22-24-28-32-36-42(3)4/h42-43H,5-41H2,1-4H3/t43-/m0/s1. The van der Waals surface area contributed by atoms with E-state index in [9.17, 15) is 14.4 Å². The smallest absolute Gasteiger partial charge is 0.306 e. The van der Waals surface area contributed by atoms with Crippen molar-refractivity contribution in [3.05, 3.63) is 0 Å². The van der Waals surface area contributed by atoms with E-state index in [0.717, 1.165) is 63.7 Å². The summed E-state index contributed by atoms with van der Waals surface area (Å²) >= 11 is 0. The zero-order valence-corrected chi connectivity index (χ0v) is 35.3. The molecule has 0 saturated heterocycles. The third kappa shape index (κ3) is 39.6. The van der Waals surface area contributed by atoms with Gasteiger partial charge in [0.05, 0.1) is 0 Å². The molecule has 52 heavy (non-hydrogen) atoms. The van der Waals surface area contributed by atoms with Crippen molar-refractivity contribution >= 4 is 17.9 Å². The highest BCUT2D eigenvalue weighted by Gasteiger charge is 2.19. The zero-order chi connectivity index (χ0) is 38.2. The van der Waals surface area contributed by atoms with Crippen molar-refractivity contribution in [3.63, 3.8) is 0 Å². The highest BCUT2D eigenvalue weighted by atomic mass is 16.6. The Morgan fingerprint density at radius 1 is 0.365 bits per heavy atom. The van der Waals surface area contributed by atoms with Gasteiger partial charge in [-0.05, 0) is 25.2 Å². The number of hydrogen-bond acceptors (Lipinski definition) is 6. The summed E-state index contributed by atoms with van der Waals surface area (Å²) in [5.41, 5.74) is 0. The van der Waals surface area contributed by atoms with Gasteiger partial charge in [0.2, 0.25) is 0 Å². The lowest BCUT2D eigenvalue weighted by molar-refractivity contribution is -0.167. The molecule has 0 aromatic carbocycles. The summed E-state index contributed by atoms with van der Waals surface area (Å²) < 4.78 is 16.7. The fourth-order valence-electron chi connectivity index (χ4n) is 6.80. The maximum absolute atomic E-state index is 12.7. The maximum Gasteiger partial charge on any atom is 0.306 e. The van der Waals surface area contributed by atoms with Gasteiger partial charge >= 0.3 is 17.9 Å². The van der Waals surface area contributed by atoms with E-state index < -0.39 is 6.10 Å². The van der Waals surface area contributed by atoms with Gasteiger partial charge in [-0.15, -0.1) is 0 Å². The summed E-state index contributed by atoms with van der Waals surface area (Å²) in [6.07, 6.45) is 39.5. The fourth-order valence-corrected chi connectivity index (χ4v) is 6.80. The van der Waals surface area contributed by atoms with Crippen molar-refractivity contribution in [3.8, 4) is 0 Å². The maximum atomic E-state index is 12.7. The first-order valence-corrected chi connectivity index (χ1v) is 22.9. The zero-order valence-electron chi connectivity index (χ0n) is 35.3. The third-order valence-corrected chi connectivity index (χ3v) is 10.3. The molecule has 6 heteroatoms. The summed E-state index contributed by atoms with van der Waals surface area (Å²) in [7, 11) is 0. The normalized spacial score (nSPS) is 11.9. The number of carbonyl (C=O) groups excluding carboxylic acids is 3. The minimum Gasteiger partial charge on any atom is -0.462 e. The molecule has 0 amide bonds. The Hall–Kier alpha value is -1.59. The second-order valence-electron chi connectivity index (χ2n) is 16.2. The van der Waals surface area contributed by atoms with Crippen LogP contribution in [0.2, 0.25) is 0 Å². The van der Waals surface area contributed by atoms with Gasteiger partial charge in [-0.2, -0.15) is 0 Å². The lowest BCUT2D eigenvalue weighted by Gasteiger charge is -2.18. The Balaban J connectivity index is 4.31. The average Bonchev–Trinajstić information content (AvgIpc) is 3.12. The summed E-state index contributed by atoms with van der Waals surface area (Å²) in [6, 6.07) is 0. The molecule has 0 aliphatic rings. The van der Waals surface area contributed by atoms with Gasteiger partial charge in [0.1, 0.15) is 13.2 Å². The van der Waals surface area contributed by atoms with Crippen LogP contribution in [0.15, 0.2) is 0 Å². The molecule has 0 rings (SSSR count). The molecule has 0 bridgehead atoms. The van der Waals surface area contributed by atoms with Crippen LogP contribution < -0.4 is 0 Å². The topological polar surface area (TPSA) is 78.9 Å². The number of unbranched alkanes of at least 4 members (excludes halogenated alkanes) is 28. The van der Waals surface area contributed by atoms with Gasteiger partial charge < -0.3 is 14.2 Å². The quantitative estimate of drug-likeness (QED) is 0.0353. The number of esters is 3. The minimum atomic E-state index is -0.758. The van der Waals surface area contributed by atoms with Crippen LogP contribution in [0.5, 0.6) is 0 Å². The average molecular weight is 737 g/mol. The van der Waals surface area contributed by atoms with Crippen LogP contribution in [0.25, 0.3) is 0 Å². The number of ether oxygens (including phenoxy) is 3. The second kappa shape index (κ2) is 40.6. The fraction of sp³-hybridized carbons (Fsp3) is 0.935. The molecule has 0 heterocycles. The lowest BCUT2D eigenvalue weighted by Crippen LogP contribution is -2.30. The summed E-state index contributed by atoms with van der Waals surface area (Å²) in [5, 5.41) is 0. The van der Waals surface area contributed by atoms with E-state index in [0.29, 0.717) is 19.3 Å². The number of hydrogen-bond donors (Lipinski definition) is 0. The van der Waals surface area contributed by atoms with Crippen LogP contribution in [0, 0.1) is 5.92 Å². The summed E-state index contributed by atoms with van der Waals surface area (Å²) in [4.78, 5) is 37.6. The first kappa shape index (κ1) is 50.4. The molecule has 0 saturated carbocycles. The van der Waals surface area contributed by atoms with E-state index >= 15 is 0 Å². The molecule has 0 fully saturated rings. The van der Waals surface area contributed by atoms with E-state index in [2.05, 4.69) is 27.7 Å². The van der Waals surface area contributed by atoms with E-state index in [-0.39, 0.29) is 31.1 Å². The van der Waals surface area contributed by atoms with E-state index in [4.69, 9.17) is 14.2 Å². The van der Waals surface area contributed by atoms with Crippen LogP contribution in [0.3, 0.4) is 0 Å². The van der Waals surface area contributed by atoms with Crippen LogP contribution in [-0.2, 0) is 28.6 Å². The Kier molecular flexibility index (Phi) is 39.4. The molecule has 0 N–H and O–H groups in total. The highest BCUT2D eigenvalue weighted by molar-refractivity contribution is 5.71. The first-order valence-electron chi connectivity index (χ1n) is 22.9. The number of rotatable bonds is 41. The second-order valence-corrected chi connectivity index (χ2v) is 16.2. The third-order valence-electron chi connectivity index (χ3n) is 10.3. The van der Waals surface area contributed by atoms with Crippen LogP contribution >= 0.6 is 0 Å². The van der Waals surface area contributed by atoms with Crippen molar-refractivity contribution in [1.29, 1.82) is 0 Å². The molecule has 0 aliphatic heterocycles. The lowest BCUT2D eigenvalue weighted by atomic mass is 10.0.